The molecule has 0 aliphatic heterocycles. The molecule has 0 radical (unpaired) electrons. The van der Waals surface area contributed by atoms with Crippen molar-refractivity contribution in [2.45, 2.75) is 0 Å². The van der Waals surface area contributed by atoms with Gasteiger partial charge in [-0.1, -0.05) is 48.5 Å². The Bertz CT molecular complexity index is 1050. The number of esters is 1. The monoisotopic (exact) mass is 329 g/mol. The van der Waals surface area contributed by atoms with Crippen molar-refractivity contribution in [1.29, 1.82) is 0 Å². The quantitative estimate of drug-likeness (QED) is 0.499. The van der Waals surface area contributed by atoms with Gasteiger partial charge < -0.3 is 9.15 Å². The molecule has 0 amide bonds. The number of benzene rings is 2. The van der Waals surface area contributed by atoms with E-state index in [1.165, 1.54) is 7.11 Å². The number of pyridine rings is 1. The van der Waals surface area contributed by atoms with E-state index in [9.17, 15) is 4.79 Å². The number of aromatic nitrogens is 1. The fourth-order valence-corrected chi connectivity index (χ4v) is 2.89. The molecule has 0 fully saturated rings. The summed E-state index contributed by atoms with van der Waals surface area (Å²) in [6.45, 7) is 0. The number of carbonyl (C=O) groups excluding carboxylic acids is 1. The van der Waals surface area contributed by atoms with Gasteiger partial charge in [-0.3, -0.25) is 4.98 Å². The molecule has 0 atom stereocenters. The standard InChI is InChI=1S/C21H15NO3/c1-24-21(23)19-11-17-18(12-22-13-20(17)25-19)16-9-5-8-15(10-16)14-6-3-2-4-7-14/h2-13H,1H3. The Morgan fingerprint density at radius 1 is 0.920 bits per heavy atom. The van der Waals surface area contributed by atoms with Crippen LogP contribution in [0.5, 0.6) is 0 Å². The van der Waals surface area contributed by atoms with Gasteiger partial charge in [0, 0.05) is 23.2 Å². The SMILES string of the molecule is COC(=O)c1cc2c(-c3cccc(-c4ccccc4)c3)cncc2o1. The Hall–Kier alpha value is -3.40. The fraction of sp³-hybridized carbons (Fsp3) is 0.0476. The lowest BCUT2D eigenvalue weighted by Gasteiger charge is -2.06. The lowest BCUT2D eigenvalue weighted by Crippen LogP contribution is -1.97. The third kappa shape index (κ3) is 2.78. The number of rotatable bonds is 3. The second-order valence-corrected chi connectivity index (χ2v) is 5.65. The molecule has 2 heterocycles. The smallest absolute Gasteiger partial charge is 0.373 e. The number of hydrogen-bond acceptors (Lipinski definition) is 4. The molecule has 0 aliphatic carbocycles. The van der Waals surface area contributed by atoms with E-state index in [1.54, 1.807) is 18.5 Å². The van der Waals surface area contributed by atoms with Crippen LogP contribution in [-0.4, -0.2) is 18.1 Å². The highest BCUT2D eigenvalue weighted by atomic mass is 16.5. The zero-order chi connectivity index (χ0) is 17.2. The summed E-state index contributed by atoms with van der Waals surface area (Å²) in [6, 6.07) is 20.1. The van der Waals surface area contributed by atoms with Crippen molar-refractivity contribution in [3.05, 3.63) is 78.8 Å². The summed E-state index contributed by atoms with van der Waals surface area (Å²) < 4.78 is 10.3. The Morgan fingerprint density at radius 2 is 1.68 bits per heavy atom. The molecule has 0 aliphatic rings. The molecule has 4 aromatic rings. The largest absolute Gasteiger partial charge is 0.463 e. The van der Waals surface area contributed by atoms with Crippen molar-refractivity contribution in [1.82, 2.24) is 4.98 Å². The molecular weight excluding hydrogens is 314 g/mol. The molecule has 2 aromatic carbocycles. The minimum atomic E-state index is -0.500. The molecule has 4 nitrogen and oxygen atoms in total. The van der Waals surface area contributed by atoms with Gasteiger partial charge in [-0.25, -0.2) is 4.79 Å². The lowest BCUT2D eigenvalue weighted by molar-refractivity contribution is 0.0567. The summed E-state index contributed by atoms with van der Waals surface area (Å²) in [4.78, 5) is 16.0. The Morgan fingerprint density at radius 3 is 2.48 bits per heavy atom. The molecule has 0 N–H and O–H groups in total. The van der Waals surface area contributed by atoms with Gasteiger partial charge in [0.05, 0.1) is 13.3 Å². The van der Waals surface area contributed by atoms with E-state index in [0.717, 1.165) is 27.6 Å². The van der Waals surface area contributed by atoms with Crippen LogP contribution in [0.2, 0.25) is 0 Å². The summed E-state index contributed by atoms with van der Waals surface area (Å²) in [6.07, 6.45) is 3.38. The number of hydrogen-bond donors (Lipinski definition) is 0. The van der Waals surface area contributed by atoms with Crippen molar-refractivity contribution < 1.29 is 13.9 Å². The van der Waals surface area contributed by atoms with E-state index in [2.05, 4.69) is 29.2 Å². The van der Waals surface area contributed by atoms with Crippen LogP contribution in [0.25, 0.3) is 33.2 Å². The van der Waals surface area contributed by atoms with E-state index in [-0.39, 0.29) is 5.76 Å². The highest BCUT2D eigenvalue weighted by Gasteiger charge is 2.15. The minimum Gasteiger partial charge on any atom is -0.463 e. The first kappa shape index (κ1) is 15.1. The van der Waals surface area contributed by atoms with Crippen LogP contribution in [0.15, 0.2) is 77.5 Å². The van der Waals surface area contributed by atoms with Crippen molar-refractivity contribution in [2.24, 2.45) is 0 Å². The lowest BCUT2D eigenvalue weighted by atomic mass is 9.98. The van der Waals surface area contributed by atoms with Crippen LogP contribution in [-0.2, 0) is 4.74 Å². The zero-order valence-corrected chi connectivity index (χ0v) is 13.6. The van der Waals surface area contributed by atoms with Gasteiger partial charge in [0.1, 0.15) is 0 Å². The van der Waals surface area contributed by atoms with Crippen molar-refractivity contribution in [3.8, 4) is 22.3 Å². The average Bonchev–Trinajstić information content (AvgIpc) is 3.12. The predicted molar refractivity (Wildman–Crippen MR) is 96.2 cm³/mol. The second-order valence-electron chi connectivity index (χ2n) is 5.65. The van der Waals surface area contributed by atoms with Gasteiger partial charge >= 0.3 is 5.97 Å². The van der Waals surface area contributed by atoms with Gasteiger partial charge in [-0.2, -0.15) is 0 Å². The van der Waals surface area contributed by atoms with Crippen molar-refractivity contribution in [3.63, 3.8) is 0 Å². The molecule has 0 bridgehead atoms. The maximum Gasteiger partial charge on any atom is 0.373 e. The Balaban J connectivity index is 1.85. The van der Waals surface area contributed by atoms with Gasteiger partial charge in [0.25, 0.3) is 0 Å². The van der Waals surface area contributed by atoms with Crippen LogP contribution in [0.3, 0.4) is 0 Å². The fourth-order valence-electron chi connectivity index (χ4n) is 2.89. The number of nitrogens with zero attached hydrogens (tertiary/aromatic N) is 1. The number of ether oxygens (including phenoxy) is 1. The first-order valence-electron chi connectivity index (χ1n) is 7.88. The minimum absolute atomic E-state index is 0.172. The van der Waals surface area contributed by atoms with E-state index < -0.39 is 5.97 Å². The van der Waals surface area contributed by atoms with Crippen LogP contribution in [0.1, 0.15) is 10.6 Å². The molecule has 2 aromatic heterocycles. The van der Waals surface area contributed by atoms with Crippen molar-refractivity contribution in [2.75, 3.05) is 7.11 Å². The van der Waals surface area contributed by atoms with Crippen LogP contribution >= 0.6 is 0 Å². The van der Waals surface area contributed by atoms with E-state index >= 15 is 0 Å². The number of carbonyl (C=O) groups is 1. The van der Waals surface area contributed by atoms with E-state index in [1.807, 2.05) is 30.3 Å². The van der Waals surface area contributed by atoms with E-state index in [0.29, 0.717) is 5.58 Å². The van der Waals surface area contributed by atoms with Gasteiger partial charge in [-0.15, -0.1) is 0 Å². The summed E-state index contributed by atoms with van der Waals surface area (Å²) >= 11 is 0. The summed E-state index contributed by atoms with van der Waals surface area (Å²) in [5.74, 6) is -0.328. The first-order valence-corrected chi connectivity index (χ1v) is 7.88. The number of fused-ring (bicyclic) bond motifs is 1. The number of methoxy groups -OCH3 is 1. The molecule has 0 spiro atoms. The molecule has 25 heavy (non-hydrogen) atoms. The maximum atomic E-state index is 11.7. The third-order valence-corrected chi connectivity index (χ3v) is 4.11. The topological polar surface area (TPSA) is 52.3 Å². The Labute approximate surface area is 144 Å². The van der Waals surface area contributed by atoms with Crippen LogP contribution < -0.4 is 0 Å². The van der Waals surface area contributed by atoms with Crippen LogP contribution in [0, 0.1) is 0 Å². The highest BCUT2D eigenvalue weighted by Crippen LogP contribution is 2.32. The molecule has 4 heteroatoms. The molecule has 122 valence electrons. The predicted octanol–water partition coefficient (Wildman–Crippen LogP) is 4.95. The number of furan rings is 1. The molecule has 0 saturated carbocycles. The van der Waals surface area contributed by atoms with Gasteiger partial charge in [0.2, 0.25) is 5.76 Å². The maximum absolute atomic E-state index is 11.7. The first-order chi connectivity index (χ1) is 12.3. The van der Waals surface area contributed by atoms with Gasteiger partial charge in [-0.05, 0) is 22.8 Å². The Kier molecular flexibility index (Phi) is 3.78. The molecular formula is C21H15NO3. The molecule has 4 rings (SSSR count). The van der Waals surface area contributed by atoms with Gasteiger partial charge in [0.15, 0.2) is 5.58 Å². The average molecular weight is 329 g/mol. The molecule has 0 saturated heterocycles. The highest BCUT2D eigenvalue weighted by molar-refractivity contribution is 5.99. The van der Waals surface area contributed by atoms with E-state index in [4.69, 9.17) is 9.15 Å². The molecule has 0 unspecified atom stereocenters. The van der Waals surface area contributed by atoms with Crippen molar-refractivity contribution >= 4 is 16.9 Å². The summed E-state index contributed by atoms with van der Waals surface area (Å²) in [5, 5.41) is 0.834. The second kappa shape index (κ2) is 6.24. The van der Waals surface area contributed by atoms with Crippen LogP contribution in [0.4, 0.5) is 0 Å². The zero-order valence-electron chi connectivity index (χ0n) is 13.6. The summed E-state index contributed by atoms with van der Waals surface area (Å²) in [5.41, 5.74) is 4.74. The normalized spacial score (nSPS) is 10.8. The third-order valence-electron chi connectivity index (χ3n) is 4.11. The summed E-state index contributed by atoms with van der Waals surface area (Å²) in [7, 11) is 1.33.